The number of rotatable bonds is 4. The van der Waals surface area contributed by atoms with Gasteiger partial charge < -0.3 is 20.4 Å². The van der Waals surface area contributed by atoms with Gasteiger partial charge in [0.1, 0.15) is 11.6 Å². The number of benzene rings is 2. The van der Waals surface area contributed by atoms with Gasteiger partial charge in [-0.05, 0) is 37.5 Å². The summed E-state index contributed by atoms with van der Waals surface area (Å²) in [6.45, 7) is 2.92. The number of aliphatic hydroxyl groups excluding tert-OH is 1. The number of carbonyl (C=O) groups is 2. The number of aromatic nitrogens is 1. The van der Waals surface area contributed by atoms with Crippen molar-refractivity contribution in [2.24, 2.45) is 0 Å². The zero-order valence-corrected chi connectivity index (χ0v) is 19.6. The first-order chi connectivity index (χ1) is 17.4. The minimum absolute atomic E-state index is 0.173. The summed E-state index contributed by atoms with van der Waals surface area (Å²) in [7, 11) is 0. The van der Waals surface area contributed by atoms with E-state index >= 15 is 0 Å². The van der Waals surface area contributed by atoms with Gasteiger partial charge in [0.15, 0.2) is 6.10 Å². The zero-order valence-electron chi connectivity index (χ0n) is 19.6. The molecule has 4 rings (SSSR count). The molecule has 0 saturated carbocycles. The predicted octanol–water partition coefficient (Wildman–Crippen LogP) is 4.59. The summed E-state index contributed by atoms with van der Waals surface area (Å²) in [5.41, 5.74) is 1.92. The Bertz CT molecular complexity index is 1270. The smallest absolute Gasteiger partial charge is 0.475 e. The van der Waals surface area contributed by atoms with Gasteiger partial charge in [-0.2, -0.15) is 13.2 Å². The number of aliphatic hydroxyl groups is 1. The van der Waals surface area contributed by atoms with Gasteiger partial charge in [0, 0.05) is 59.6 Å². The van der Waals surface area contributed by atoms with Crippen LogP contribution in [0.5, 0.6) is 0 Å². The third-order valence-corrected chi connectivity index (χ3v) is 5.87. The summed E-state index contributed by atoms with van der Waals surface area (Å²) in [4.78, 5) is 27.3. The fraction of sp³-hybridized carbons (Fsp3) is 0.320. The van der Waals surface area contributed by atoms with Gasteiger partial charge in [-0.1, -0.05) is 18.2 Å². The number of carbonyl (C=O) groups excluding carboxylic acids is 1. The fourth-order valence-corrected chi connectivity index (χ4v) is 4.03. The molecule has 1 aromatic heterocycles. The quantitative estimate of drug-likeness (QED) is 0.431. The Morgan fingerprint density at radius 1 is 1.11 bits per heavy atom. The first kappa shape index (κ1) is 27.8. The Balaban J connectivity index is 0.000000479. The lowest BCUT2D eigenvalue weighted by atomic mass is 10.0. The van der Waals surface area contributed by atoms with E-state index in [4.69, 9.17) is 9.90 Å². The number of hydrogen-bond acceptors (Lipinski definition) is 5. The number of amides is 1. The van der Waals surface area contributed by atoms with Crippen LogP contribution in [0.1, 0.15) is 30.1 Å². The number of nitrogens with zero attached hydrogens (tertiary/aromatic N) is 2. The minimum Gasteiger partial charge on any atom is -0.475 e. The number of piperidine rings is 1. The first-order valence-electron chi connectivity index (χ1n) is 11.2. The molecule has 1 aliphatic heterocycles. The number of anilines is 1. The molecule has 12 heteroatoms. The van der Waals surface area contributed by atoms with Gasteiger partial charge in [-0.3, -0.25) is 9.78 Å². The second-order valence-corrected chi connectivity index (χ2v) is 8.48. The van der Waals surface area contributed by atoms with Gasteiger partial charge in [0.05, 0.1) is 0 Å². The molecule has 1 aliphatic rings. The van der Waals surface area contributed by atoms with Crippen LogP contribution in [0.3, 0.4) is 0 Å². The van der Waals surface area contributed by atoms with Crippen molar-refractivity contribution in [2.45, 2.75) is 38.1 Å². The van der Waals surface area contributed by atoms with Crippen molar-refractivity contribution < 1.29 is 41.8 Å². The van der Waals surface area contributed by atoms with E-state index in [1.807, 2.05) is 37.5 Å². The number of carboxylic acids is 1. The van der Waals surface area contributed by atoms with Crippen LogP contribution in [0.15, 0.2) is 48.8 Å². The highest BCUT2D eigenvalue weighted by Gasteiger charge is 2.38. The summed E-state index contributed by atoms with van der Waals surface area (Å²) in [6, 6.07) is 9.03. The molecule has 1 amide bonds. The number of pyridine rings is 1. The Morgan fingerprint density at radius 2 is 1.76 bits per heavy atom. The summed E-state index contributed by atoms with van der Waals surface area (Å²) in [5, 5.41) is 23.2. The summed E-state index contributed by atoms with van der Waals surface area (Å²) >= 11 is 0. The molecule has 1 atom stereocenters. The van der Waals surface area contributed by atoms with E-state index in [2.05, 4.69) is 10.3 Å². The second-order valence-electron chi connectivity index (χ2n) is 8.48. The maximum Gasteiger partial charge on any atom is 0.490 e. The molecule has 0 aliphatic carbocycles. The number of nitrogens with one attached hydrogen (secondary N) is 1. The summed E-state index contributed by atoms with van der Waals surface area (Å²) in [5.74, 6) is -4.99. The molecule has 2 aromatic carbocycles. The third kappa shape index (κ3) is 6.91. The third-order valence-electron chi connectivity index (χ3n) is 5.87. The first-order valence-corrected chi connectivity index (χ1v) is 11.2. The lowest BCUT2D eigenvalue weighted by Crippen LogP contribution is -2.44. The number of halogens is 5. The van der Waals surface area contributed by atoms with E-state index in [-0.39, 0.29) is 11.6 Å². The van der Waals surface area contributed by atoms with Gasteiger partial charge in [0.2, 0.25) is 0 Å². The van der Waals surface area contributed by atoms with E-state index in [1.54, 1.807) is 0 Å². The number of fused-ring (bicyclic) bond motifs is 1. The predicted molar refractivity (Wildman–Crippen MR) is 125 cm³/mol. The van der Waals surface area contributed by atoms with Gasteiger partial charge >= 0.3 is 12.1 Å². The van der Waals surface area contributed by atoms with E-state index < -0.39 is 35.8 Å². The molecule has 3 aromatic rings. The highest BCUT2D eigenvalue weighted by atomic mass is 19.4. The van der Waals surface area contributed by atoms with Crippen LogP contribution in [-0.4, -0.2) is 57.3 Å². The molecule has 0 bridgehead atoms. The number of aliphatic carboxylic acids is 1. The van der Waals surface area contributed by atoms with E-state index in [0.717, 1.165) is 34.2 Å². The molecule has 1 saturated heterocycles. The Kier molecular flexibility index (Phi) is 8.64. The molecule has 3 N–H and O–H groups in total. The van der Waals surface area contributed by atoms with Crippen LogP contribution < -0.4 is 5.32 Å². The van der Waals surface area contributed by atoms with Crippen molar-refractivity contribution in [1.82, 2.24) is 9.88 Å². The molecule has 0 spiro atoms. The lowest BCUT2D eigenvalue weighted by molar-refractivity contribution is -0.192. The van der Waals surface area contributed by atoms with Crippen LogP contribution in [0.25, 0.3) is 10.8 Å². The highest BCUT2D eigenvalue weighted by molar-refractivity contribution is 5.95. The molecule has 2 heterocycles. The number of alkyl halides is 3. The van der Waals surface area contributed by atoms with E-state index in [9.17, 15) is 31.9 Å². The van der Waals surface area contributed by atoms with Crippen molar-refractivity contribution in [3.05, 3.63) is 71.6 Å². The summed E-state index contributed by atoms with van der Waals surface area (Å²) < 4.78 is 58.7. The fourth-order valence-electron chi connectivity index (χ4n) is 4.03. The maximum atomic E-state index is 13.9. The Labute approximate surface area is 208 Å². The van der Waals surface area contributed by atoms with Crippen molar-refractivity contribution in [3.8, 4) is 0 Å². The topological polar surface area (TPSA) is 103 Å². The van der Waals surface area contributed by atoms with Crippen LogP contribution in [0.2, 0.25) is 0 Å². The molecular formula is C25H24F5N3O4. The van der Waals surface area contributed by atoms with E-state index in [1.165, 1.54) is 4.90 Å². The highest BCUT2D eigenvalue weighted by Crippen LogP contribution is 2.28. The van der Waals surface area contributed by atoms with Crippen LogP contribution >= 0.6 is 0 Å². The average Bonchev–Trinajstić information content (AvgIpc) is 2.84. The second kappa shape index (κ2) is 11.5. The Hall–Kier alpha value is -3.80. The van der Waals surface area contributed by atoms with Crippen LogP contribution in [0, 0.1) is 18.6 Å². The van der Waals surface area contributed by atoms with Gasteiger partial charge in [-0.25, -0.2) is 13.6 Å². The summed E-state index contributed by atoms with van der Waals surface area (Å²) in [6.07, 6.45) is -1.64. The SMILES string of the molecule is Cc1cncc2cccc(NC3CCN(C(=O)C(O)c4ccc(F)cc4F)CC3)c12.O=C(O)C(F)(F)F. The van der Waals surface area contributed by atoms with Gasteiger partial charge in [-0.15, -0.1) is 0 Å². The lowest BCUT2D eigenvalue weighted by Gasteiger charge is -2.34. The minimum atomic E-state index is -5.08. The van der Waals surface area contributed by atoms with Gasteiger partial charge in [0.25, 0.3) is 5.91 Å². The molecular weight excluding hydrogens is 501 g/mol. The maximum absolute atomic E-state index is 13.9. The molecule has 1 unspecified atom stereocenters. The number of hydrogen-bond donors (Lipinski definition) is 3. The van der Waals surface area contributed by atoms with E-state index in [0.29, 0.717) is 32.0 Å². The van der Waals surface area contributed by atoms with Crippen LogP contribution in [-0.2, 0) is 9.59 Å². The van der Waals surface area contributed by atoms with Crippen molar-refractivity contribution in [1.29, 1.82) is 0 Å². The number of aryl methyl sites for hydroxylation is 1. The molecule has 0 radical (unpaired) electrons. The number of carboxylic acid groups (broad SMARTS) is 1. The zero-order chi connectivity index (χ0) is 27.3. The molecule has 198 valence electrons. The molecule has 7 nitrogen and oxygen atoms in total. The monoisotopic (exact) mass is 525 g/mol. The Morgan fingerprint density at radius 3 is 2.35 bits per heavy atom. The standard InChI is InChI=1S/C23H23F2N3O2.C2HF3O2/c1-14-12-26-13-15-3-2-4-20(21(14)15)27-17-7-9-28(10-8-17)23(30)22(29)18-6-5-16(24)11-19(18)25;3-2(4,5)1(6)7/h2-6,11-13,17,22,27,29H,7-10H2,1H3;(H,6,7). The number of likely N-dealkylation sites (tertiary alicyclic amines) is 1. The van der Waals surface area contributed by atoms with Crippen molar-refractivity contribution in [3.63, 3.8) is 0 Å². The van der Waals surface area contributed by atoms with Crippen LogP contribution in [0.4, 0.5) is 27.6 Å². The molecule has 37 heavy (non-hydrogen) atoms. The normalized spacial score (nSPS) is 15.1. The van der Waals surface area contributed by atoms with Crippen molar-refractivity contribution >= 4 is 28.3 Å². The average molecular weight is 525 g/mol. The van der Waals surface area contributed by atoms with Crippen molar-refractivity contribution in [2.75, 3.05) is 18.4 Å². The largest absolute Gasteiger partial charge is 0.490 e. The molecule has 1 fully saturated rings.